The molecule has 4 rings (SSSR count). The molecule has 2 aliphatic heterocycles. The number of benzene rings is 2. The summed E-state index contributed by atoms with van der Waals surface area (Å²) in [5.74, 6) is -1.40. The van der Waals surface area contributed by atoms with Crippen LogP contribution in [0.2, 0.25) is 0 Å². The summed E-state index contributed by atoms with van der Waals surface area (Å²) in [5, 5.41) is 2.49. The summed E-state index contributed by atoms with van der Waals surface area (Å²) in [6.45, 7) is 15.5. The molecule has 8 nitrogen and oxygen atoms in total. The van der Waals surface area contributed by atoms with Gasteiger partial charge in [0.2, 0.25) is 5.91 Å². The van der Waals surface area contributed by atoms with Gasteiger partial charge >= 0.3 is 0 Å². The van der Waals surface area contributed by atoms with Crippen molar-refractivity contribution in [3.63, 3.8) is 0 Å². The van der Waals surface area contributed by atoms with Crippen molar-refractivity contribution in [1.29, 1.82) is 0 Å². The van der Waals surface area contributed by atoms with Crippen molar-refractivity contribution in [2.24, 2.45) is 0 Å². The van der Waals surface area contributed by atoms with E-state index in [1.807, 2.05) is 45.0 Å². The van der Waals surface area contributed by atoms with Gasteiger partial charge in [-0.2, -0.15) is 0 Å². The number of amides is 4. The van der Waals surface area contributed by atoms with Crippen LogP contribution in [-0.2, 0) is 27.3 Å². The van der Waals surface area contributed by atoms with E-state index in [1.165, 1.54) is 9.80 Å². The van der Waals surface area contributed by atoms with Crippen molar-refractivity contribution in [2.75, 3.05) is 18.5 Å². The summed E-state index contributed by atoms with van der Waals surface area (Å²) in [6, 6.07) is 11.4. The summed E-state index contributed by atoms with van der Waals surface area (Å²) >= 11 is 0. The van der Waals surface area contributed by atoms with Crippen LogP contribution in [0.15, 0.2) is 61.0 Å². The van der Waals surface area contributed by atoms with Gasteiger partial charge in [0, 0.05) is 37.3 Å². The summed E-state index contributed by atoms with van der Waals surface area (Å²) in [5.41, 5.74) is 4.51. The van der Waals surface area contributed by atoms with E-state index in [4.69, 9.17) is 0 Å². The fraction of sp³-hybridized carbons (Fsp3) is 0.310. The Labute approximate surface area is 217 Å². The molecule has 2 aromatic carbocycles. The van der Waals surface area contributed by atoms with Crippen molar-refractivity contribution in [3.05, 3.63) is 77.6 Å². The lowest BCUT2D eigenvalue weighted by atomic mass is 9.95. The SMILES string of the molecule is C=C(NC(=O)C(=C)N1Cc2c(cccc2-c2ccc3c(c2)CCN3C(C)=O)C1=O)C(=O)N(C)C(C)(C)C. The molecular formula is C29H32N4O4. The first kappa shape index (κ1) is 25.9. The largest absolute Gasteiger partial charge is 0.336 e. The summed E-state index contributed by atoms with van der Waals surface area (Å²) < 4.78 is 0. The van der Waals surface area contributed by atoms with Crippen molar-refractivity contribution in [3.8, 4) is 11.1 Å². The van der Waals surface area contributed by atoms with Gasteiger partial charge in [0.15, 0.2) is 0 Å². The van der Waals surface area contributed by atoms with Gasteiger partial charge in [-0.15, -0.1) is 0 Å². The first-order chi connectivity index (χ1) is 17.3. The van der Waals surface area contributed by atoms with E-state index in [-0.39, 0.29) is 29.8 Å². The Balaban J connectivity index is 1.54. The predicted octanol–water partition coefficient (Wildman–Crippen LogP) is 3.62. The molecule has 2 aromatic rings. The maximum Gasteiger partial charge on any atom is 0.271 e. The quantitative estimate of drug-likeness (QED) is 0.635. The molecule has 0 aromatic heterocycles. The lowest BCUT2D eigenvalue weighted by Gasteiger charge is -2.32. The second-order valence-corrected chi connectivity index (χ2v) is 10.4. The maximum absolute atomic E-state index is 13.2. The maximum atomic E-state index is 13.2. The van der Waals surface area contributed by atoms with Gasteiger partial charge in [-0.25, -0.2) is 0 Å². The van der Waals surface area contributed by atoms with Crippen molar-refractivity contribution < 1.29 is 19.2 Å². The lowest BCUT2D eigenvalue weighted by Crippen LogP contribution is -2.46. The highest BCUT2D eigenvalue weighted by Crippen LogP contribution is 2.37. The fourth-order valence-electron chi connectivity index (χ4n) is 4.61. The molecule has 0 spiro atoms. The summed E-state index contributed by atoms with van der Waals surface area (Å²) in [4.78, 5) is 55.2. The lowest BCUT2D eigenvalue weighted by molar-refractivity contribution is -0.131. The average Bonchev–Trinajstić information content (AvgIpc) is 3.42. The molecule has 37 heavy (non-hydrogen) atoms. The first-order valence-corrected chi connectivity index (χ1v) is 12.1. The molecule has 2 aliphatic rings. The van der Waals surface area contributed by atoms with Crippen LogP contribution in [-0.4, -0.2) is 52.6 Å². The van der Waals surface area contributed by atoms with Crippen molar-refractivity contribution >= 4 is 29.3 Å². The van der Waals surface area contributed by atoms with Gasteiger partial charge in [0.05, 0.1) is 12.2 Å². The van der Waals surface area contributed by atoms with Crippen LogP contribution < -0.4 is 10.2 Å². The third-order valence-electron chi connectivity index (χ3n) is 7.06. The number of anilines is 1. The number of carbonyl (C=O) groups is 4. The molecule has 0 bridgehead atoms. The molecule has 4 amide bonds. The molecule has 1 N–H and O–H groups in total. The topological polar surface area (TPSA) is 90.0 Å². The molecule has 2 heterocycles. The number of nitrogens with zero attached hydrogens (tertiary/aromatic N) is 3. The predicted molar refractivity (Wildman–Crippen MR) is 142 cm³/mol. The number of rotatable bonds is 5. The number of fused-ring (bicyclic) bond motifs is 2. The van der Waals surface area contributed by atoms with Crippen LogP contribution >= 0.6 is 0 Å². The molecule has 0 saturated heterocycles. The van der Waals surface area contributed by atoms with E-state index in [0.717, 1.165) is 34.4 Å². The summed E-state index contributed by atoms with van der Waals surface area (Å²) in [7, 11) is 1.63. The highest BCUT2D eigenvalue weighted by atomic mass is 16.2. The van der Waals surface area contributed by atoms with Crippen molar-refractivity contribution in [1.82, 2.24) is 15.1 Å². The van der Waals surface area contributed by atoms with Crippen LogP contribution in [0.25, 0.3) is 11.1 Å². The van der Waals surface area contributed by atoms with E-state index in [9.17, 15) is 19.2 Å². The third-order valence-corrected chi connectivity index (χ3v) is 7.06. The van der Waals surface area contributed by atoms with E-state index >= 15 is 0 Å². The highest BCUT2D eigenvalue weighted by molar-refractivity contribution is 6.08. The van der Waals surface area contributed by atoms with Crippen LogP contribution in [0, 0.1) is 0 Å². The van der Waals surface area contributed by atoms with Gasteiger partial charge < -0.3 is 15.1 Å². The van der Waals surface area contributed by atoms with Gasteiger partial charge in [-0.3, -0.25) is 24.1 Å². The molecule has 0 saturated carbocycles. The molecule has 0 aliphatic carbocycles. The minimum absolute atomic E-state index is 0.0135. The van der Waals surface area contributed by atoms with E-state index < -0.39 is 17.4 Å². The monoisotopic (exact) mass is 500 g/mol. The molecule has 0 radical (unpaired) electrons. The van der Waals surface area contributed by atoms with E-state index in [0.29, 0.717) is 12.1 Å². The van der Waals surface area contributed by atoms with Crippen molar-refractivity contribution in [2.45, 2.75) is 46.2 Å². The molecule has 0 atom stereocenters. The van der Waals surface area contributed by atoms with Crippen LogP contribution in [0.3, 0.4) is 0 Å². The Morgan fingerprint density at radius 1 is 1.03 bits per heavy atom. The Bertz CT molecular complexity index is 1370. The molecule has 8 heteroatoms. The number of nitrogens with one attached hydrogen (secondary N) is 1. The number of carbonyl (C=O) groups excluding carboxylic acids is 4. The molecule has 0 unspecified atom stereocenters. The average molecular weight is 501 g/mol. The molecule has 0 fully saturated rings. The fourth-order valence-corrected chi connectivity index (χ4v) is 4.61. The number of hydrogen-bond donors (Lipinski definition) is 1. The van der Waals surface area contributed by atoms with Crippen LogP contribution in [0.4, 0.5) is 5.69 Å². The first-order valence-electron chi connectivity index (χ1n) is 12.1. The van der Waals surface area contributed by atoms with Crippen LogP contribution in [0.1, 0.15) is 49.2 Å². The summed E-state index contributed by atoms with van der Waals surface area (Å²) in [6.07, 6.45) is 0.771. The second kappa shape index (κ2) is 9.35. The zero-order chi connectivity index (χ0) is 27.2. The number of likely N-dealkylation sites (N-methyl/N-ethyl adjacent to an activating group) is 1. The van der Waals surface area contributed by atoms with Gasteiger partial charge in [0.25, 0.3) is 17.7 Å². The zero-order valence-corrected chi connectivity index (χ0v) is 22.0. The Kier molecular flexibility index (Phi) is 6.54. The molecule has 192 valence electrons. The van der Waals surface area contributed by atoms with E-state index in [1.54, 1.807) is 24.9 Å². The number of hydrogen-bond acceptors (Lipinski definition) is 4. The molecular weight excluding hydrogens is 468 g/mol. The zero-order valence-electron chi connectivity index (χ0n) is 22.0. The Morgan fingerprint density at radius 3 is 2.35 bits per heavy atom. The minimum Gasteiger partial charge on any atom is -0.336 e. The van der Waals surface area contributed by atoms with Gasteiger partial charge in [-0.05, 0) is 67.6 Å². The highest BCUT2D eigenvalue weighted by Gasteiger charge is 2.34. The Hall–Kier alpha value is -4.20. The van der Waals surface area contributed by atoms with Gasteiger partial charge in [-0.1, -0.05) is 31.4 Å². The third kappa shape index (κ3) is 4.67. The van der Waals surface area contributed by atoms with Crippen LogP contribution in [0.5, 0.6) is 0 Å². The van der Waals surface area contributed by atoms with E-state index in [2.05, 4.69) is 24.5 Å². The smallest absolute Gasteiger partial charge is 0.271 e. The standard InChI is InChI=1S/C29H32N4O4/c1-17(27(36)31(7)29(4,5)6)30-26(35)18(2)33-16-24-22(9-8-10-23(24)28(33)37)20-11-12-25-21(15-20)13-14-32(25)19(3)34/h8-12,15H,1-2,13-14,16H2,3-7H3,(H,30,35). The van der Waals surface area contributed by atoms with Gasteiger partial charge in [0.1, 0.15) is 5.70 Å². The Morgan fingerprint density at radius 2 is 1.70 bits per heavy atom. The normalized spacial score (nSPS) is 14.2. The minimum atomic E-state index is -0.662. The second-order valence-electron chi connectivity index (χ2n) is 10.4.